The van der Waals surface area contributed by atoms with Crippen molar-refractivity contribution >= 4 is 15.7 Å². The highest BCUT2D eigenvalue weighted by atomic mass is 32.2. The summed E-state index contributed by atoms with van der Waals surface area (Å²) in [6, 6.07) is 6.48. The molecule has 0 bridgehead atoms. The van der Waals surface area contributed by atoms with Crippen LogP contribution in [0.3, 0.4) is 0 Å². The van der Waals surface area contributed by atoms with Crippen LogP contribution in [-0.2, 0) is 10.0 Å². The van der Waals surface area contributed by atoms with Crippen LogP contribution in [0, 0.1) is 0 Å². The summed E-state index contributed by atoms with van der Waals surface area (Å²) in [5.41, 5.74) is 0.909. The molecule has 18 heavy (non-hydrogen) atoms. The highest BCUT2D eigenvalue weighted by Gasteiger charge is 2.06. The van der Waals surface area contributed by atoms with Gasteiger partial charge in [0.2, 0.25) is 10.0 Å². The number of sulfonamides is 1. The molecule has 3 N–H and O–H groups in total. The SMILES string of the molecule is CN(C)CCCCNc1ccc(S(N)(=O)=O)cc1. The molecule has 0 amide bonds. The summed E-state index contributed by atoms with van der Waals surface area (Å²) in [5.74, 6) is 0. The molecule has 0 saturated carbocycles. The van der Waals surface area contributed by atoms with Gasteiger partial charge in [0.15, 0.2) is 0 Å². The van der Waals surface area contributed by atoms with E-state index in [9.17, 15) is 8.42 Å². The van der Waals surface area contributed by atoms with Gasteiger partial charge in [0, 0.05) is 12.2 Å². The second kappa shape index (κ2) is 6.72. The van der Waals surface area contributed by atoms with E-state index in [1.54, 1.807) is 12.1 Å². The maximum atomic E-state index is 11.1. The molecule has 0 aliphatic carbocycles. The highest BCUT2D eigenvalue weighted by molar-refractivity contribution is 7.89. The monoisotopic (exact) mass is 271 g/mol. The Labute approximate surface area is 109 Å². The molecular formula is C12H21N3O2S. The summed E-state index contributed by atoms with van der Waals surface area (Å²) >= 11 is 0. The second-order valence-electron chi connectivity index (χ2n) is 4.51. The fraction of sp³-hybridized carbons (Fsp3) is 0.500. The Hall–Kier alpha value is -1.11. The van der Waals surface area contributed by atoms with Crippen molar-refractivity contribution in [3.63, 3.8) is 0 Å². The Kier molecular flexibility index (Phi) is 5.58. The van der Waals surface area contributed by atoms with Crippen molar-refractivity contribution in [3.8, 4) is 0 Å². The average Bonchev–Trinajstić information content (AvgIpc) is 2.27. The number of nitrogens with two attached hydrogens (primary N) is 1. The number of unbranched alkanes of at least 4 members (excludes halogenated alkanes) is 1. The van der Waals surface area contributed by atoms with Gasteiger partial charge in [-0.05, 0) is 57.7 Å². The summed E-state index contributed by atoms with van der Waals surface area (Å²) < 4.78 is 22.1. The number of rotatable bonds is 7. The van der Waals surface area contributed by atoms with E-state index in [4.69, 9.17) is 5.14 Å². The molecular weight excluding hydrogens is 250 g/mol. The first-order chi connectivity index (χ1) is 8.39. The Morgan fingerprint density at radius 3 is 2.28 bits per heavy atom. The summed E-state index contributed by atoms with van der Waals surface area (Å²) in [5, 5.41) is 8.26. The van der Waals surface area contributed by atoms with Crippen molar-refractivity contribution in [3.05, 3.63) is 24.3 Å². The van der Waals surface area contributed by atoms with Crippen LogP contribution in [0.15, 0.2) is 29.2 Å². The van der Waals surface area contributed by atoms with Crippen molar-refractivity contribution in [2.75, 3.05) is 32.5 Å². The minimum absolute atomic E-state index is 0.139. The van der Waals surface area contributed by atoms with Gasteiger partial charge in [-0.1, -0.05) is 0 Å². The summed E-state index contributed by atoms with van der Waals surface area (Å²) in [7, 11) is 0.518. The molecule has 1 aromatic rings. The molecule has 6 heteroatoms. The summed E-state index contributed by atoms with van der Waals surface area (Å²) in [6.45, 7) is 1.95. The fourth-order valence-electron chi connectivity index (χ4n) is 1.55. The van der Waals surface area contributed by atoms with Gasteiger partial charge in [0.05, 0.1) is 4.90 Å². The Morgan fingerprint density at radius 1 is 1.17 bits per heavy atom. The molecule has 0 aliphatic heterocycles. The lowest BCUT2D eigenvalue weighted by atomic mass is 10.2. The van der Waals surface area contributed by atoms with E-state index in [2.05, 4.69) is 24.3 Å². The van der Waals surface area contributed by atoms with E-state index in [0.717, 1.165) is 31.6 Å². The third kappa shape index (κ3) is 5.48. The van der Waals surface area contributed by atoms with Gasteiger partial charge < -0.3 is 10.2 Å². The molecule has 0 unspecified atom stereocenters. The molecule has 0 aromatic heterocycles. The quantitative estimate of drug-likeness (QED) is 0.728. The number of nitrogens with zero attached hydrogens (tertiary/aromatic N) is 1. The summed E-state index contributed by atoms with van der Waals surface area (Å²) in [6.07, 6.45) is 2.21. The number of hydrogen-bond acceptors (Lipinski definition) is 4. The van der Waals surface area contributed by atoms with E-state index in [1.165, 1.54) is 12.1 Å². The van der Waals surface area contributed by atoms with Gasteiger partial charge in [0.25, 0.3) is 0 Å². The normalized spacial score (nSPS) is 11.8. The lowest BCUT2D eigenvalue weighted by molar-refractivity contribution is 0.396. The first-order valence-corrected chi connectivity index (χ1v) is 7.46. The first-order valence-electron chi connectivity index (χ1n) is 5.91. The fourth-order valence-corrected chi connectivity index (χ4v) is 2.06. The minimum atomic E-state index is -3.59. The lowest BCUT2D eigenvalue weighted by Gasteiger charge is -2.10. The Morgan fingerprint density at radius 2 is 1.78 bits per heavy atom. The van der Waals surface area contributed by atoms with E-state index in [0.29, 0.717) is 0 Å². The van der Waals surface area contributed by atoms with Crippen LogP contribution in [0.2, 0.25) is 0 Å². The molecule has 0 spiro atoms. The predicted octanol–water partition coefficient (Wildman–Crippen LogP) is 1.09. The largest absolute Gasteiger partial charge is 0.385 e. The number of hydrogen-bond donors (Lipinski definition) is 2. The van der Waals surface area contributed by atoms with Crippen LogP contribution in [0.1, 0.15) is 12.8 Å². The average molecular weight is 271 g/mol. The van der Waals surface area contributed by atoms with Gasteiger partial charge >= 0.3 is 0 Å². The Bertz CT molecular complexity index is 455. The molecule has 0 heterocycles. The van der Waals surface area contributed by atoms with Crippen LogP contribution in [0.5, 0.6) is 0 Å². The van der Waals surface area contributed by atoms with Gasteiger partial charge in [-0.2, -0.15) is 0 Å². The number of nitrogens with one attached hydrogen (secondary N) is 1. The van der Waals surface area contributed by atoms with Crippen molar-refractivity contribution in [2.45, 2.75) is 17.7 Å². The van der Waals surface area contributed by atoms with Crippen molar-refractivity contribution in [2.24, 2.45) is 5.14 Å². The number of primary sulfonamides is 1. The molecule has 102 valence electrons. The van der Waals surface area contributed by atoms with E-state index in [-0.39, 0.29) is 4.90 Å². The van der Waals surface area contributed by atoms with Crippen LogP contribution in [-0.4, -0.2) is 40.5 Å². The van der Waals surface area contributed by atoms with Crippen LogP contribution in [0.4, 0.5) is 5.69 Å². The topological polar surface area (TPSA) is 75.4 Å². The van der Waals surface area contributed by atoms with Gasteiger partial charge in [0.1, 0.15) is 0 Å². The third-order valence-corrected chi connectivity index (χ3v) is 3.47. The zero-order valence-corrected chi connectivity index (χ0v) is 11.7. The minimum Gasteiger partial charge on any atom is -0.385 e. The van der Waals surface area contributed by atoms with Gasteiger partial charge in [-0.15, -0.1) is 0 Å². The Balaban J connectivity index is 2.36. The molecule has 0 atom stereocenters. The molecule has 0 fully saturated rings. The summed E-state index contributed by atoms with van der Waals surface area (Å²) in [4.78, 5) is 2.29. The standard InChI is InChI=1S/C12H21N3O2S/c1-15(2)10-4-3-9-14-11-5-7-12(8-6-11)18(13,16)17/h5-8,14H,3-4,9-10H2,1-2H3,(H2,13,16,17). The van der Waals surface area contributed by atoms with E-state index >= 15 is 0 Å². The van der Waals surface area contributed by atoms with Crippen molar-refractivity contribution in [1.82, 2.24) is 4.90 Å². The molecule has 0 aliphatic rings. The zero-order chi connectivity index (χ0) is 13.6. The van der Waals surface area contributed by atoms with Crippen molar-refractivity contribution < 1.29 is 8.42 Å². The van der Waals surface area contributed by atoms with Gasteiger partial charge in [-0.3, -0.25) is 0 Å². The lowest BCUT2D eigenvalue weighted by Crippen LogP contribution is -2.14. The maximum Gasteiger partial charge on any atom is 0.238 e. The predicted molar refractivity (Wildman–Crippen MR) is 74.1 cm³/mol. The zero-order valence-electron chi connectivity index (χ0n) is 10.9. The maximum absolute atomic E-state index is 11.1. The molecule has 1 rings (SSSR count). The third-order valence-electron chi connectivity index (χ3n) is 2.54. The second-order valence-corrected chi connectivity index (χ2v) is 6.07. The molecule has 0 radical (unpaired) electrons. The van der Waals surface area contributed by atoms with Crippen LogP contribution in [0.25, 0.3) is 0 Å². The van der Waals surface area contributed by atoms with E-state index in [1.807, 2.05) is 0 Å². The smallest absolute Gasteiger partial charge is 0.238 e. The van der Waals surface area contributed by atoms with E-state index < -0.39 is 10.0 Å². The van der Waals surface area contributed by atoms with Crippen molar-refractivity contribution in [1.29, 1.82) is 0 Å². The molecule has 5 nitrogen and oxygen atoms in total. The van der Waals surface area contributed by atoms with Gasteiger partial charge in [-0.25, -0.2) is 13.6 Å². The number of anilines is 1. The van der Waals surface area contributed by atoms with Crippen LogP contribution < -0.4 is 10.5 Å². The molecule has 1 aromatic carbocycles. The van der Waals surface area contributed by atoms with Crippen LogP contribution >= 0.6 is 0 Å². The highest BCUT2D eigenvalue weighted by Crippen LogP contribution is 2.12. The first kappa shape index (κ1) is 14.9. The molecule has 0 saturated heterocycles. The number of benzene rings is 1.